The number of unbranched alkanes of at least 4 members (excludes halogenated alkanes) is 1. The molecule has 3 aromatic carbocycles. The largest absolute Gasteiger partial charge is 0.481 e. The van der Waals surface area contributed by atoms with Crippen molar-refractivity contribution in [2.45, 2.75) is 64.8 Å². The van der Waals surface area contributed by atoms with Gasteiger partial charge in [0.25, 0.3) is 0 Å². The molecule has 41 heavy (non-hydrogen) atoms. The van der Waals surface area contributed by atoms with Crippen molar-refractivity contribution in [1.29, 1.82) is 0 Å². The number of hydrogen-bond acceptors (Lipinski definition) is 5. The standard InChI is InChI=1S/C34H40N2O5/c1-4-7-9-22-12-14-25(15-13-22)33-31(34(38)39)27(26-16-17-28-29(18-26)41-21-40-28)19-36(33)20-30(37)35-32-23(5-2)10-8-11-24(32)6-3/h8,10-18,27,31,33H,4-7,9,19-21H2,1-3H3,(H,35,37)(H,38,39)/t27-,31?,33+/m1/s1. The molecule has 0 spiro atoms. The van der Waals surface area contributed by atoms with E-state index in [1.165, 1.54) is 5.56 Å². The van der Waals surface area contributed by atoms with E-state index >= 15 is 0 Å². The van der Waals surface area contributed by atoms with Gasteiger partial charge in [-0.15, -0.1) is 0 Å². The SMILES string of the molecule is CCCCc1ccc([C@H]2C(C(=O)O)[C@@H](c3ccc4c(c3)OCO4)CN2CC(=O)Nc2c(CC)cccc2CC)cc1. The van der Waals surface area contributed by atoms with Gasteiger partial charge in [-0.05, 0) is 65.6 Å². The molecule has 1 unspecified atom stereocenters. The third-order valence-electron chi connectivity index (χ3n) is 8.46. The molecule has 3 aromatic rings. The lowest BCUT2D eigenvalue weighted by molar-refractivity contribution is -0.143. The zero-order valence-electron chi connectivity index (χ0n) is 24.2. The highest BCUT2D eigenvalue weighted by atomic mass is 16.7. The maximum atomic E-state index is 13.6. The second kappa shape index (κ2) is 12.8. The molecule has 0 aliphatic carbocycles. The smallest absolute Gasteiger partial charge is 0.309 e. The highest BCUT2D eigenvalue weighted by Crippen LogP contribution is 2.47. The van der Waals surface area contributed by atoms with Gasteiger partial charge in [0, 0.05) is 24.2 Å². The summed E-state index contributed by atoms with van der Waals surface area (Å²) in [5, 5.41) is 13.8. The summed E-state index contributed by atoms with van der Waals surface area (Å²) in [5.74, 6) is -0.785. The van der Waals surface area contributed by atoms with Crippen molar-refractivity contribution in [2.24, 2.45) is 5.92 Å². The van der Waals surface area contributed by atoms with Crippen LogP contribution in [0.5, 0.6) is 11.5 Å². The van der Waals surface area contributed by atoms with Crippen LogP contribution in [-0.2, 0) is 28.9 Å². The number of anilines is 1. The molecule has 0 aromatic heterocycles. The third kappa shape index (κ3) is 6.10. The lowest BCUT2D eigenvalue weighted by atomic mass is 9.82. The van der Waals surface area contributed by atoms with Crippen LogP contribution in [0.4, 0.5) is 5.69 Å². The van der Waals surface area contributed by atoms with Crippen molar-refractivity contribution in [1.82, 2.24) is 4.90 Å². The lowest BCUT2D eigenvalue weighted by Gasteiger charge is -2.27. The summed E-state index contributed by atoms with van der Waals surface area (Å²) in [5.41, 5.74) is 6.09. The Labute approximate surface area is 242 Å². The Bertz CT molecular complexity index is 1360. The Morgan fingerprint density at radius 1 is 0.927 bits per heavy atom. The normalized spacial score (nSPS) is 19.8. The minimum absolute atomic E-state index is 0.0916. The fourth-order valence-corrected chi connectivity index (χ4v) is 6.30. The minimum atomic E-state index is -0.875. The number of nitrogens with one attached hydrogen (secondary N) is 1. The first-order valence-corrected chi connectivity index (χ1v) is 14.8. The molecule has 216 valence electrons. The summed E-state index contributed by atoms with van der Waals surface area (Å²) in [6, 6.07) is 19.6. The molecule has 2 aliphatic rings. The number of carboxylic acids is 1. The van der Waals surface area contributed by atoms with Gasteiger partial charge in [0.2, 0.25) is 12.7 Å². The average Bonchev–Trinajstić information content (AvgIpc) is 3.61. The minimum Gasteiger partial charge on any atom is -0.481 e. The van der Waals surface area contributed by atoms with E-state index in [-0.39, 0.29) is 25.2 Å². The van der Waals surface area contributed by atoms with E-state index in [1.54, 1.807) is 0 Å². The van der Waals surface area contributed by atoms with Crippen LogP contribution in [-0.4, -0.2) is 41.8 Å². The first-order chi connectivity index (χ1) is 19.9. The number of carbonyl (C=O) groups is 2. The quantitative estimate of drug-likeness (QED) is 0.286. The second-order valence-electron chi connectivity index (χ2n) is 11.0. The molecule has 3 atom stereocenters. The number of aryl methyl sites for hydroxylation is 3. The van der Waals surface area contributed by atoms with Crippen LogP contribution in [0.15, 0.2) is 60.7 Å². The summed E-state index contributed by atoms with van der Waals surface area (Å²) < 4.78 is 11.1. The number of aliphatic carboxylic acids is 1. The molecule has 0 radical (unpaired) electrons. The van der Waals surface area contributed by atoms with Crippen LogP contribution in [0.1, 0.15) is 73.4 Å². The molecule has 0 bridgehead atoms. The topological polar surface area (TPSA) is 88.1 Å². The van der Waals surface area contributed by atoms with E-state index in [0.717, 1.165) is 60.0 Å². The summed E-state index contributed by atoms with van der Waals surface area (Å²) >= 11 is 0. The molecule has 2 heterocycles. The molecule has 5 rings (SSSR count). The summed E-state index contributed by atoms with van der Waals surface area (Å²) in [7, 11) is 0. The molecular weight excluding hydrogens is 516 g/mol. The zero-order valence-corrected chi connectivity index (χ0v) is 24.2. The molecule has 1 saturated heterocycles. The maximum Gasteiger partial charge on any atom is 0.309 e. The lowest BCUT2D eigenvalue weighted by Crippen LogP contribution is -2.35. The van der Waals surface area contributed by atoms with Crippen molar-refractivity contribution in [3.8, 4) is 11.5 Å². The molecule has 2 N–H and O–H groups in total. The molecule has 1 fully saturated rings. The predicted octanol–water partition coefficient (Wildman–Crippen LogP) is 6.36. The molecular formula is C34H40N2O5. The number of carbonyl (C=O) groups excluding carboxylic acids is 1. The number of likely N-dealkylation sites (tertiary alicyclic amines) is 1. The number of benzene rings is 3. The van der Waals surface area contributed by atoms with Gasteiger partial charge in [0.1, 0.15) is 0 Å². The summed E-state index contributed by atoms with van der Waals surface area (Å²) in [6.45, 7) is 7.02. The van der Waals surface area contributed by atoms with Crippen molar-refractivity contribution < 1.29 is 24.2 Å². The number of amides is 1. The zero-order chi connectivity index (χ0) is 28.9. The molecule has 7 heteroatoms. The van der Waals surface area contributed by atoms with Crippen LogP contribution >= 0.6 is 0 Å². The second-order valence-corrected chi connectivity index (χ2v) is 11.0. The number of ether oxygens (including phenoxy) is 2. The van der Waals surface area contributed by atoms with E-state index in [4.69, 9.17) is 9.47 Å². The number of para-hydroxylation sites is 1. The van der Waals surface area contributed by atoms with E-state index in [1.807, 2.05) is 53.4 Å². The van der Waals surface area contributed by atoms with Gasteiger partial charge in [-0.3, -0.25) is 14.5 Å². The first kappa shape index (κ1) is 28.7. The molecule has 0 saturated carbocycles. The van der Waals surface area contributed by atoms with Gasteiger partial charge in [0.15, 0.2) is 11.5 Å². The molecule has 1 amide bonds. The van der Waals surface area contributed by atoms with Crippen molar-refractivity contribution in [2.75, 3.05) is 25.2 Å². The predicted molar refractivity (Wildman–Crippen MR) is 160 cm³/mol. The van der Waals surface area contributed by atoms with E-state index in [2.05, 4.69) is 38.2 Å². The highest BCUT2D eigenvalue weighted by Gasteiger charge is 2.48. The van der Waals surface area contributed by atoms with Crippen molar-refractivity contribution in [3.05, 3.63) is 88.5 Å². The van der Waals surface area contributed by atoms with Crippen LogP contribution in [0, 0.1) is 5.92 Å². The maximum absolute atomic E-state index is 13.6. The monoisotopic (exact) mass is 556 g/mol. The fraction of sp³-hybridized carbons (Fsp3) is 0.412. The van der Waals surface area contributed by atoms with Gasteiger partial charge in [0.05, 0.1) is 12.5 Å². The Hall–Kier alpha value is -3.84. The van der Waals surface area contributed by atoms with Gasteiger partial charge in [-0.2, -0.15) is 0 Å². The van der Waals surface area contributed by atoms with Crippen LogP contribution < -0.4 is 14.8 Å². The van der Waals surface area contributed by atoms with Gasteiger partial charge < -0.3 is 19.9 Å². The van der Waals surface area contributed by atoms with Gasteiger partial charge in [-0.25, -0.2) is 0 Å². The Balaban J connectivity index is 1.47. The highest BCUT2D eigenvalue weighted by molar-refractivity contribution is 5.94. The molecule has 2 aliphatic heterocycles. The van der Waals surface area contributed by atoms with Crippen LogP contribution in [0.25, 0.3) is 0 Å². The average molecular weight is 557 g/mol. The number of fused-ring (bicyclic) bond motifs is 1. The first-order valence-electron chi connectivity index (χ1n) is 14.8. The number of carboxylic acid groups (broad SMARTS) is 1. The molecule has 7 nitrogen and oxygen atoms in total. The Morgan fingerprint density at radius 2 is 1.61 bits per heavy atom. The van der Waals surface area contributed by atoms with Gasteiger partial charge >= 0.3 is 5.97 Å². The van der Waals surface area contributed by atoms with Crippen LogP contribution in [0.2, 0.25) is 0 Å². The van der Waals surface area contributed by atoms with E-state index in [0.29, 0.717) is 18.0 Å². The number of hydrogen-bond donors (Lipinski definition) is 2. The number of rotatable bonds is 11. The van der Waals surface area contributed by atoms with Crippen molar-refractivity contribution in [3.63, 3.8) is 0 Å². The van der Waals surface area contributed by atoms with Gasteiger partial charge in [-0.1, -0.05) is 75.7 Å². The van der Waals surface area contributed by atoms with Crippen LogP contribution in [0.3, 0.4) is 0 Å². The Kier molecular flexibility index (Phi) is 8.93. The fourth-order valence-electron chi connectivity index (χ4n) is 6.30. The van der Waals surface area contributed by atoms with Crippen molar-refractivity contribution >= 4 is 17.6 Å². The number of nitrogens with zero attached hydrogens (tertiary/aromatic N) is 1. The van der Waals surface area contributed by atoms with E-state index in [9.17, 15) is 14.7 Å². The third-order valence-corrected chi connectivity index (χ3v) is 8.46. The van der Waals surface area contributed by atoms with E-state index < -0.39 is 17.9 Å². The summed E-state index contributed by atoms with van der Waals surface area (Å²) in [6.07, 6.45) is 4.84. The summed E-state index contributed by atoms with van der Waals surface area (Å²) in [4.78, 5) is 28.5. The Morgan fingerprint density at radius 3 is 2.27 bits per heavy atom.